The van der Waals surface area contributed by atoms with Gasteiger partial charge in [-0.3, -0.25) is 9.69 Å². The molecule has 0 bridgehead atoms. The maximum Gasteiger partial charge on any atom is 0.253 e. The molecule has 4 aromatic rings. The van der Waals surface area contributed by atoms with Gasteiger partial charge in [0.05, 0.1) is 11.4 Å². The fourth-order valence-electron chi connectivity index (χ4n) is 4.48. The summed E-state index contributed by atoms with van der Waals surface area (Å²) in [6.07, 6.45) is 1.83. The van der Waals surface area contributed by atoms with Gasteiger partial charge >= 0.3 is 0 Å². The van der Waals surface area contributed by atoms with E-state index in [9.17, 15) is 9.90 Å². The third-order valence-electron chi connectivity index (χ3n) is 6.29. The molecule has 1 aliphatic heterocycles. The molecule has 0 aliphatic carbocycles. The highest BCUT2D eigenvalue weighted by Crippen LogP contribution is 2.39. The van der Waals surface area contributed by atoms with Crippen molar-refractivity contribution >= 4 is 69.1 Å². The van der Waals surface area contributed by atoms with E-state index < -0.39 is 6.04 Å². The Balaban J connectivity index is 1.61. The molecule has 0 spiro atoms. The summed E-state index contributed by atoms with van der Waals surface area (Å²) in [6, 6.07) is 28.4. The van der Waals surface area contributed by atoms with Crippen LogP contribution in [-0.2, 0) is 4.79 Å². The van der Waals surface area contributed by atoms with Crippen LogP contribution in [-0.4, -0.2) is 29.2 Å². The molecule has 0 aromatic heterocycles. The van der Waals surface area contributed by atoms with Gasteiger partial charge in [-0.25, -0.2) is 0 Å². The number of thiocarbonyl (C=S) groups is 1. The third kappa shape index (κ3) is 5.11. The van der Waals surface area contributed by atoms with E-state index in [0.29, 0.717) is 21.4 Å². The summed E-state index contributed by atoms with van der Waals surface area (Å²) in [5, 5.41) is 14.8. The highest BCUT2D eigenvalue weighted by atomic mass is 35.5. The Morgan fingerprint density at radius 2 is 1.61 bits per heavy atom. The van der Waals surface area contributed by atoms with E-state index >= 15 is 0 Å². The Hall–Kier alpha value is -3.84. The SMILES string of the molecule is CN1C(=O)C(NC(=S)N(c2ccccc2)c2cccc(O)c2)C=C(c2ccccc2Cl)c2cc(Cl)ccc21. The van der Waals surface area contributed by atoms with Crippen LogP contribution in [0.1, 0.15) is 11.1 Å². The van der Waals surface area contributed by atoms with Crippen molar-refractivity contribution in [1.29, 1.82) is 0 Å². The van der Waals surface area contributed by atoms with Crippen molar-refractivity contribution in [2.75, 3.05) is 16.8 Å². The molecular weight excluding hydrogens is 537 g/mol. The van der Waals surface area contributed by atoms with Gasteiger partial charge in [-0.1, -0.05) is 65.7 Å². The first-order chi connectivity index (χ1) is 18.3. The number of fused-ring (bicyclic) bond motifs is 1. The molecule has 38 heavy (non-hydrogen) atoms. The van der Waals surface area contributed by atoms with Crippen LogP contribution in [0.2, 0.25) is 10.0 Å². The van der Waals surface area contributed by atoms with Gasteiger partial charge in [-0.05, 0) is 72.4 Å². The zero-order valence-corrected chi connectivity index (χ0v) is 22.6. The van der Waals surface area contributed by atoms with Crippen molar-refractivity contribution in [2.45, 2.75) is 6.04 Å². The summed E-state index contributed by atoms with van der Waals surface area (Å²) in [5.74, 6) is -0.105. The van der Waals surface area contributed by atoms with Crippen LogP contribution < -0.4 is 15.1 Å². The van der Waals surface area contributed by atoms with E-state index in [1.54, 1.807) is 41.1 Å². The van der Waals surface area contributed by atoms with Crippen LogP contribution >= 0.6 is 35.4 Å². The Morgan fingerprint density at radius 3 is 2.34 bits per heavy atom. The first-order valence-electron chi connectivity index (χ1n) is 11.8. The Kier molecular flexibility index (Phi) is 7.38. The molecular formula is C30H23Cl2N3O2S. The Bertz CT molecular complexity index is 1560. The molecule has 1 unspecified atom stereocenters. The number of anilines is 3. The normalized spacial score (nSPS) is 14.8. The molecule has 1 heterocycles. The molecule has 1 aliphatic rings. The summed E-state index contributed by atoms with van der Waals surface area (Å²) in [4.78, 5) is 17.1. The smallest absolute Gasteiger partial charge is 0.253 e. The number of aromatic hydroxyl groups is 1. The van der Waals surface area contributed by atoms with E-state index in [-0.39, 0.29) is 16.8 Å². The fraction of sp³-hybridized carbons (Fsp3) is 0.0667. The molecule has 5 rings (SSSR count). The van der Waals surface area contributed by atoms with Gasteiger partial charge in [0.15, 0.2) is 5.11 Å². The average Bonchev–Trinajstić information content (AvgIpc) is 3.00. The van der Waals surface area contributed by atoms with Gasteiger partial charge in [0.2, 0.25) is 0 Å². The molecule has 4 aromatic carbocycles. The number of nitrogens with zero attached hydrogens (tertiary/aromatic N) is 2. The number of para-hydroxylation sites is 1. The predicted octanol–water partition coefficient (Wildman–Crippen LogP) is 7.19. The van der Waals surface area contributed by atoms with Gasteiger partial charge in [-0.2, -0.15) is 0 Å². The second-order valence-corrected chi connectivity index (χ2v) is 9.97. The largest absolute Gasteiger partial charge is 0.508 e. The standard InChI is InChI=1S/C30H23Cl2N3O2S/c1-34-28-15-14-19(31)16-25(28)24(23-12-5-6-13-26(23)32)18-27(29(34)37)33-30(38)35(20-8-3-2-4-9-20)21-10-7-11-22(36)17-21/h2-18,27,36H,1H3,(H,33,38). The number of likely N-dealkylation sites (N-methyl/N-ethyl adjacent to an activating group) is 1. The summed E-state index contributed by atoms with van der Waals surface area (Å²) in [6.45, 7) is 0. The van der Waals surface area contributed by atoms with Crippen LogP contribution in [0.3, 0.4) is 0 Å². The number of carbonyl (C=O) groups excluding carboxylic acids is 1. The van der Waals surface area contributed by atoms with Crippen molar-refractivity contribution in [3.8, 4) is 5.75 Å². The predicted molar refractivity (Wildman–Crippen MR) is 160 cm³/mol. The first kappa shape index (κ1) is 25.8. The van der Waals surface area contributed by atoms with Crippen LogP contribution in [0.5, 0.6) is 5.75 Å². The monoisotopic (exact) mass is 559 g/mol. The highest BCUT2D eigenvalue weighted by Gasteiger charge is 2.31. The number of benzene rings is 4. The maximum absolute atomic E-state index is 13.8. The number of carbonyl (C=O) groups is 1. The quantitative estimate of drug-likeness (QED) is 0.259. The lowest BCUT2D eigenvalue weighted by Gasteiger charge is -2.29. The van der Waals surface area contributed by atoms with E-state index in [1.807, 2.05) is 78.9 Å². The lowest BCUT2D eigenvalue weighted by Crippen LogP contribution is -2.49. The lowest BCUT2D eigenvalue weighted by atomic mass is 9.95. The number of hydrogen-bond donors (Lipinski definition) is 2. The molecule has 8 heteroatoms. The minimum absolute atomic E-state index is 0.102. The van der Waals surface area contributed by atoms with Crippen LogP contribution in [0, 0.1) is 0 Å². The lowest BCUT2D eigenvalue weighted by molar-refractivity contribution is -0.118. The molecule has 0 radical (unpaired) electrons. The van der Waals surface area contributed by atoms with Crippen molar-refractivity contribution in [2.24, 2.45) is 0 Å². The highest BCUT2D eigenvalue weighted by molar-refractivity contribution is 7.80. The number of hydrogen-bond acceptors (Lipinski definition) is 3. The van der Waals surface area contributed by atoms with Crippen molar-refractivity contribution in [1.82, 2.24) is 5.32 Å². The third-order valence-corrected chi connectivity index (χ3v) is 7.15. The summed E-state index contributed by atoms with van der Waals surface area (Å²) in [5.41, 5.74) is 4.43. The maximum atomic E-state index is 13.8. The second kappa shape index (κ2) is 10.9. The Morgan fingerprint density at radius 1 is 0.895 bits per heavy atom. The molecule has 1 atom stereocenters. The number of phenols is 1. The van der Waals surface area contributed by atoms with E-state index in [2.05, 4.69) is 5.32 Å². The molecule has 0 saturated carbocycles. The van der Waals surface area contributed by atoms with Crippen molar-refractivity contribution < 1.29 is 9.90 Å². The number of phenolic OH excluding ortho intramolecular Hbond substituents is 1. The summed E-state index contributed by atoms with van der Waals surface area (Å²) >= 11 is 18.9. The summed E-state index contributed by atoms with van der Waals surface area (Å²) in [7, 11) is 1.72. The number of nitrogens with one attached hydrogen (secondary N) is 1. The van der Waals surface area contributed by atoms with E-state index in [1.165, 1.54) is 0 Å². The first-order valence-corrected chi connectivity index (χ1v) is 13.0. The van der Waals surface area contributed by atoms with Gasteiger partial charge in [-0.15, -0.1) is 0 Å². The van der Waals surface area contributed by atoms with Gasteiger partial charge < -0.3 is 15.3 Å². The van der Waals surface area contributed by atoms with Gasteiger partial charge in [0, 0.05) is 40.0 Å². The van der Waals surface area contributed by atoms with Gasteiger partial charge in [0.25, 0.3) is 5.91 Å². The number of rotatable bonds is 4. The van der Waals surface area contributed by atoms with Crippen LogP contribution in [0.25, 0.3) is 5.57 Å². The van der Waals surface area contributed by atoms with Crippen LogP contribution in [0.4, 0.5) is 17.1 Å². The molecule has 0 saturated heterocycles. The molecule has 2 N–H and O–H groups in total. The van der Waals surface area contributed by atoms with E-state index in [4.69, 9.17) is 35.4 Å². The van der Waals surface area contributed by atoms with Crippen molar-refractivity contribution in [3.05, 3.63) is 124 Å². The fourth-order valence-corrected chi connectivity index (χ4v) is 5.23. The minimum Gasteiger partial charge on any atom is -0.508 e. The number of halogens is 2. The molecule has 1 amide bonds. The van der Waals surface area contributed by atoms with Crippen molar-refractivity contribution in [3.63, 3.8) is 0 Å². The molecule has 0 fully saturated rings. The van der Waals surface area contributed by atoms with E-state index in [0.717, 1.165) is 22.4 Å². The topological polar surface area (TPSA) is 55.8 Å². The minimum atomic E-state index is -0.825. The number of amides is 1. The average molecular weight is 561 g/mol. The zero-order valence-electron chi connectivity index (χ0n) is 20.3. The molecule has 5 nitrogen and oxygen atoms in total. The Labute approximate surface area is 236 Å². The zero-order chi connectivity index (χ0) is 26.8. The molecule has 190 valence electrons. The summed E-state index contributed by atoms with van der Waals surface area (Å²) < 4.78 is 0. The van der Waals surface area contributed by atoms with Gasteiger partial charge in [0.1, 0.15) is 11.8 Å². The second-order valence-electron chi connectivity index (χ2n) is 8.74. The van der Waals surface area contributed by atoms with Crippen LogP contribution in [0.15, 0.2) is 103 Å².